The minimum absolute atomic E-state index is 0.0134. The monoisotopic (exact) mass is 586 g/mol. The number of aromatic hydroxyl groups is 1. The van der Waals surface area contributed by atoms with Crippen LogP contribution in [0, 0.1) is 0 Å². The first-order chi connectivity index (χ1) is 21.0. The zero-order chi connectivity index (χ0) is 30.7. The van der Waals surface area contributed by atoms with Crippen molar-refractivity contribution in [3.05, 3.63) is 89.0 Å². The Labute approximate surface area is 263 Å². The van der Waals surface area contributed by atoms with Gasteiger partial charge in [-0.3, -0.25) is 0 Å². The Balaban J connectivity index is 1.57. The number of hydrogen-bond donors (Lipinski definition) is 1. The second-order valence-corrected chi connectivity index (χ2v) is 12.4. The molecule has 3 aromatic carbocycles. The maximum atomic E-state index is 10.9. The molecule has 2 atom stereocenters. The summed E-state index contributed by atoms with van der Waals surface area (Å²) in [7, 11) is 0. The lowest BCUT2D eigenvalue weighted by molar-refractivity contribution is 0.212. The third-order valence-corrected chi connectivity index (χ3v) is 8.45. The van der Waals surface area contributed by atoms with Gasteiger partial charge in [-0.1, -0.05) is 127 Å². The van der Waals surface area contributed by atoms with E-state index in [0.29, 0.717) is 12.2 Å². The molecule has 0 aromatic heterocycles. The van der Waals surface area contributed by atoms with Gasteiger partial charge >= 0.3 is 0 Å². The van der Waals surface area contributed by atoms with Crippen LogP contribution >= 0.6 is 0 Å². The van der Waals surface area contributed by atoms with Crippen molar-refractivity contribution in [2.75, 3.05) is 0 Å². The van der Waals surface area contributed by atoms with Crippen LogP contribution in [0.4, 0.5) is 0 Å². The van der Waals surface area contributed by atoms with Crippen molar-refractivity contribution in [2.24, 2.45) is 0 Å². The van der Waals surface area contributed by atoms with E-state index in [0.717, 1.165) is 41.9 Å². The van der Waals surface area contributed by atoms with E-state index >= 15 is 0 Å². The Bertz CT molecular complexity index is 1170. The number of hydrogen-bond acceptors (Lipinski definition) is 3. The average molecular weight is 587 g/mol. The summed E-state index contributed by atoms with van der Waals surface area (Å²) < 4.78 is 13.0. The van der Waals surface area contributed by atoms with E-state index in [4.69, 9.17) is 9.47 Å². The predicted molar refractivity (Wildman–Crippen MR) is 183 cm³/mol. The van der Waals surface area contributed by atoms with E-state index in [2.05, 4.69) is 82.3 Å². The molecule has 3 aromatic rings. The highest BCUT2D eigenvalue weighted by Gasteiger charge is 2.17. The maximum absolute atomic E-state index is 10.9. The summed E-state index contributed by atoms with van der Waals surface area (Å²) in [5, 5.41) is 10.9. The van der Waals surface area contributed by atoms with Gasteiger partial charge in [0.05, 0.1) is 6.10 Å². The van der Waals surface area contributed by atoms with Gasteiger partial charge in [-0.05, 0) is 74.4 Å². The normalized spacial score (nSPS) is 12.7. The molecule has 1 N–H and O–H groups in total. The molecule has 0 aliphatic heterocycles. The Kier molecular flexibility index (Phi) is 16.1. The fourth-order valence-electron chi connectivity index (χ4n) is 6.00. The van der Waals surface area contributed by atoms with Gasteiger partial charge in [0, 0.05) is 18.4 Å². The molecule has 0 aliphatic carbocycles. The van der Waals surface area contributed by atoms with Crippen LogP contribution in [0.3, 0.4) is 0 Å². The van der Waals surface area contributed by atoms with E-state index in [-0.39, 0.29) is 12.2 Å². The summed E-state index contributed by atoms with van der Waals surface area (Å²) in [6.07, 6.45) is 18.9. The van der Waals surface area contributed by atoms with E-state index in [1.807, 2.05) is 6.07 Å². The molecule has 0 bridgehead atoms. The molecule has 236 valence electrons. The average Bonchev–Trinajstić information content (AvgIpc) is 3.00. The third-order valence-electron chi connectivity index (χ3n) is 8.45. The maximum Gasteiger partial charge on any atom is 0.122 e. The van der Waals surface area contributed by atoms with Crippen LogP contribution in [0.1, 0.15) is 127 Å². The zero-order valence-corrected chi connectivity index (χ0v) is 27.6. The van der Waals surface area contributed by atoms with Gasteiger partial charge in [-0.2, -0.15) is 0 Å². The Morgan fingerprint density at radius 2 is 0.953 bits per heavy atom. The lowest BCUT2D eigenvalue weighted by Gasteiger charge is -2.22. The van der Waals surface area contributed by atoms with Crippen LogP contribution in [-0.4, -0.2) is 17.3 Å². The third kappa shape index (κ3) is 12.7. The SMILES string of the molecule is CCCCCCCCc1ccccc1OC(C)Cc1cccc(O)c1CC(C)Oc1ccccc1CCCCCCCC. The molecule has 0 fully saturated rings. The summed E-state index contributed by atoms with van der Waals surface area (Å²) in [4.78, 5) is 0. The number of aryl methyl sites for hydroxylation is 2. The molecule has 2 unspecified atom stereocenters. The molecule has 0 saturated heterocycles. The van der Waals surface area contributed by atoms with Crippen molar-refractivity contribution >= 4 is 0 Å². The molecule has 0 radical (unpaired) electrons. The number of phenolic OH excluding ortho intramolecular Hbond substituents is 1. The van der Waals surface area contributed by atoms with Crippen LogP contribution in [0.2, 0.25) is 0 Å². The highest BCUT2D eigenvalue weighted by Crippen LogP contribution is 2.29. The highest BCUT2D eigenvalue weighted by molar-refractivity contribution is 5.41. The quantitative estimate of drug-likeness (QED) is 0.119. The van der Waals surface area contributed by atoms with Gasteiger partial charge in [-0.15, -0.1) is 0 Å². The van der Waals surface area contributed by atoms with Gasteiger partial charge in [0.25, 0.3) is 0 Å². The largest absolute Gasteiger partial charge is 0.508 e. The van der Waals surface area contributed by atoms with Crippen molar-refractivity contribution in [3.8, 4) is 17.2 Å². The molecule has 3 nitrogen and oxygen atoms in total. The first-order valence-corrected chi connectivity index (χ1v) is 17.3. The molecular weight excluding hydrogens is 528 g/mol. The van der Waals surface area contributed by atoms with E-state index < -0.39 is 0 Å². The summed E-state index contributed by atoms with van der Waals surface area (Å²) >= 11 is 0. The van der Waals surface area contributed by atoms with Crippen LogP contribution in [-0.2, 0) is 25.7 Å². The highest BCUT2D eigenvalue weighted by atomic mass is 16.5. The smallest absolute Gasteiger partial charge is 0.122 e. The number of ether oxygens (including phenoxy) is 2. The van der Waals surface area contributed by atoms with Crippen LogP contribution < -0.4 is 9.47 Å². The van der Waals surface area contributed by atoms with Crippen molar-refractivity contribution in [1.29, 1.82) is 0 Å². The molecular formula is C40H58O3. The molecule has 0 aliphatic rings. The molecule has 3 rings (SSSR count). The fraction of sp³-hybridized carbons (Fsp3) is 0.550. The summed E-state index contributed by atoms with van der Waals surface area (Å²) in [5.74, 6) is 2.30. The first-order valence-electron chi connectivity index (χ1n) is 17.3. The second-order valence-electron chi connectivity index (χ2n) is 12.4. The minimum atomic E-state index is -0.0629. The Hall–Kier alpha value is -2.94. The van der Waals surface area contributed by atoms with Crippen molar-refractivity contribution in [2.45, 2.75) is 143 Å². The summed E-state index contributed by atoms with van der Waals surface area (Å²) in [6, 6.07) is 22.8. The van der Waals surface area contributed by atoms with Gasteiger partial charge in [0.1, 0.15) is 23.4 Å². The summed E-state index contributed by atoms with van der Waals surface area (Å²) in [5.41, 5.74) is 4.66. The first kappa shape index (κ1) is 34.5. The molecule has 0 amide bonds. The topological polar surface area (TPSA) is 38.7 Å². The van der Waals surface area contributed by atoms with E-state index in [1.165, 1.54) is 88.2 Å². The van der Waals surface area contributed by atoms with Crippen LogP contribution in [0.25, 0.3) is 0 Å². The number of benzene rings is 3. The van der Waals surface area contributed by atoms with Gasteiger partial charge < -0.3 is 14.6 Å². The lowest BCUT2D eigenvalue weighted by Crippen LogP contribution is -2.20. The van der Waals surface area contributed by atoms with Crippen LogP contribution in [0.5, 0.6) is 17.2 Å². The number of unbranched alkanes of at least 4 members (excludes halogenated alkanes) is 10. The second kappa shape index (κ2) is 20.1. The molecule has 0 saturated carbocycles. The molecule has 43 heavy (non-hydrogen) atoms. The standard InChI is InChI=1S/C40H58O3/c1-5-7-9-11-13-15-22-34-24-17-19-28-39(34)42-32(3)30-36-26-21-27-38(41)37(36)31-33(4)43-40-29-20-18-25-35(40)23-16-14-12-10-8-6-2/h17-21,24-29,32-33,41H,5-16,22-23,30-31H2,1-4H3. The van der Waals surface area contributed by atoms with Gasteiger partial charge in [-0.25, -0.2) is 0 Å². The van der Waals surface area contributed by atoms with E-state index in [1.54, 1.807) is 6.07 Å². The fourth-order valence-corrected chi connectivity index (χ4v) is 6.00. The van der Waals surface area contributed by atoms with Crippen molar-refractivity contribution in [1.82, 2.24) is 0 Å². The van der Waals surface area contributed by atoms with Crippen molar-refractivity contribution < 1.29 is 14.6 Å². The lowest BCUT2D eigenvalue weighted by atomic mass is 9.96. The van der Waals surface area contributed by atoms with E-state index in [9.17, 15) is 5.11 Å². The van der Waals surface area contributed by atoms with Crippen molar-refractivity contribution in [3.63, 3.8) is 0 Å². The molecule has 0 spiro atoms. The number of para-hydroxylation sites is 2. The Morgan fingerprint density at radius 1 is 0.512 bits per heavy atom. The molecule has 3 heteroatoms. The summed E-state index contributed by atoms with van der Waals surface area (Å²) in [6.45, 7) is 8.77. The molecule has 0 heterocycles. The van der Waals surface area contributed by atoms with Gasteiger partial charge in [0.2, 0.25) is 0 Å². The zero-order valence-electron chi connectivity index (χ0n) is 27.6. The predicted octanol–water partition coefficient (Wildman–Crippen LogP) is 11.2. The minimum Gasteiger partial charge on any atom is -0.508 e. The Morgan fingerprint density at radius 3 is 1.49 bits per heavy atom. The van der Waals surface area contributed by atoms with Crippen LogP contribution in [0.15, 0.2) is 66.7 Å². The number of rotatable bonds is 22. The van der Waals surface area contributed by atoms with Gasteiger partial charge in [0.15, 0.2) is 0 Å². The number of phenols is 1.